The van der Waals surface area contributed by atoms with E-state index in [2.05, 4.69) is 26.7 Å². The van der Waals surface area contributed by atoms with Crippen LogP contribution < -0.4 is 5.73 Å². The highest BCUT2D eigenvalue weighted by Crippen LogP contribution is 2.31. The molecule has 3 aromatic rings. The number of likely N-dealkylation sites (tertiary alicyclic amines) is 1. The van der Waals surface area contributed by atoms with Gasteiger partial charge in [-0.25, -0.2) is 9.78 Å². The monoisotopic (exact) mass is 421 g/mol. The lowest BCUT2D eigenvalue weighted by Gasteiger charge is -2.31. The first-order valence-electron chi connectivity index (χ1n) is 10.8. The molecular weight excluding hydrogens is 394 g/mol. The highest BCUT2D eigenvalue weighted by molar-refractivity contribution is 5.96. The number of fused-ring (bicyclic) bond motifs is 1. The fourth-order valence-electron chi connectivity index (χ4n) is 4.78. The second kappa shape index (κ2) is 8.28. The van der Waals surface area contributed by atoms with Crippen LogP contribution in [0.2, 0.25) is 0 Å². The lowest BCUT2D eigenvalue weighted by Crippen LogP contribution is -2.38. The third-order valence-corrected chi connectivity index (χ3v) is 6.50. The van der Waals surface area contributed by atoms with E-state index in [-0.39, 0.29) is 11.4 Å². The number of nitrogens with zero attached hydrogens (tertiary/aromatic N) is 4. The number of nitrogens with two attached hydrogens (primary N) is 1. The van der Waals surface area contributed by atoms with Gasteiger partial charge in [0, 0.05) is 49.5 Å². The molecule has 4 heterocycles. The number of nitrogen functional groups attached to an aromatic ring is 1. The molecule has 1 aromatic carbocycles. The number of anilines is 1. The van der Waals surface area contributed by atoms with Crippen LogP contribution in [0.1, 0.15) is 35.7 Å². The Bertz CT molecular complexity index is 1110. The van der Waals surface area contributed by atoms with Gasteiger partial charge in [0.25, 0.3) is 0 Å². The Morgan fingerprint density at radius 2 is 1.97 bits per heavy atom. The van der Waals surface area contributed by atoms with E-state index in [0.717, 1.165) is 67.6 Å². The second-order valence-corrected chi connectivity index (χ2v) is 8.29. The SMILES string of the molecule is COC(=O)c1cc(-c2ccc3c(cnn3[C@@H]3CCN(C4CCOCC4)C3)c2)cnc1N. The van der Waals surface area contributed by atoms with Crippen LogP contribution in [0.5, 0.6) is 0 Å². The number of esters is 1. The minimum Gasteiger partial charge on any atom is -0.465 e. The Hall–Kier alpha value is -2.97. The van der Waals surface area contributed by atoms with Crippen LogP contribution in [0.4, 0.5) is 5.82 Å². The summed E-state index contributed by atoms with van der Waals surface area (Å²) in [4.78, 5) is 18.7. The van der Waals surface area contributed by atoms with Crippen molar-refractivity contribution in [2.24, 2.45) is 0 Å². The van der Waals surface area contributed by atoms with Crippen molar-refractivity contribution in [1.82, 2.24) is 19.7 Å². The van der Waals surface area contributed by atoms with Crippen LogP contribution in [0, 0.1) is 0 Å². The van der Waals surface area contributed by atoms with Gasteiger partial charge in [-0.05, 0) is 43.0 Å². The standard InChI is InChI=1S/C23H27N5O3/c1-30-23(29)20-11-16(12-25-22(20)24)15-2-3-21-17(10-15)13-26-28(21)19-4-7-27(14-19)18-5-8-31-9-6-18/h2-3,10-13,18-19H,4-9,14H2,1H3,(H2,24,25)/t19-/m1/s1. The first kappa shape index (κ1) is 20.0. The van der Waals surface area contributed by atoms with E-state index in [9.17, 15) is 4.79 Å². The average molecular weight is 422 g/mol. The average Bonchev–Trinajstić information content (AvgIpc) is 3.46. The molecule has 2 aliphatic heterocycles. The molecule has 2 aliphatic rings. The van der Waals surface area contributed by atoms with E-state index < -0.39 is 5.97 Å². The maximum atomic E-state index is 12.0. The Morgan fingerprint density at radius 3 is 2.77 bits per heavy atom. The van der Waals surface area contributed by atoms with Gasteiger partial charge in [0.1, 0.15) is 11.4 Å². The molecular formula is C23H27N5O3. The highest BCUT2D eigenvalue weighted by Gasteiger charge is 2.31. The smallest absolute Gasteiger partial charge is 0.341 e. The van der Waals surface area contributed by atoms with Crippen LogP contribution in [0.25, 0.3) is 22.0 Å². The van der Waals surface area contributed by atoms with Gasteiger partial charge in [0.05, 0.1) is 24.9 Å². The van der Waals surface area contributed by atoms with E-state index in [1.807, 2.05) is 12.3 Å². The Kier molecular flexibility index (Phi) is 5.33. The fraction of sp³-hybridized carbons (Fsp3) is 0.435. The first-order chi connectivity index (χ1) is 15.1. The van der Waals surface area contributed by atoms with E-state index >= 15 is 0 Å². The number of hydrogen-bond acceptors (Lipinski definition) is 7. The van der Waals surface area contributed by atoms with E-state index in [0.29, 0.717) is 12.1 Å². The molecule has 31 heavy (non-hydrogen) atoms. The molecule has 0 bridgehead atoms. The van der Waals surface area contributed by atoms with Crippen LogP contribution >= 0.6 is 0 Å². The van der Waals surface area contributed by atoms with E-state index in [1.165, 1.54) is 7.11 Å². The Morgan fingerprint density at radius 1 is 1.13 bits per heavy atom. The second-order valence-electron chi connectivity index (χ2n) is 8.29. The van der Waals surface area contributed by atoms with E-state index in [4.69, 9.17) is 20.3 Å². The van der Waals surface area contributed by atoms with Crippen LogP contribution in [-0.4, -0.2) is 65.1 Å². The Labute approximate surface area is 180 Å². The predicted molar refractivity (Wildman–Crippen MR) is 118 cm³/mol. The van der Waals surface area contributed by atoms with Crippen molar-refractivity contribution in [2.75, 3.05) is 39.1 Å². The van der Waals surface area contributed by atoms with Crippen molar-refractivity contribution in [3.63, 3.8) is 0 Å². The number of carbonyl (C=O) groups excluding carboxylic acids is 1. The van der Waals surface area contributed by atoms with Crippen molar-refractivity contribution in [2.45, 2.75) is 31.3 Å². The highest BCUT2D eigenvalue weighted by atomic mass is 16.5. The number of benzene rings is 1. The summed E-state index contributed by atoms with van der Waals surface area (Å²) in [6.07, 6.45) is 6.95. The van der Waals surface area contributed by atoms with Gasteiger partial charge < -0.3 is 15.2 Å². The molecule has 0 saturated carbocycles. The molecule has 8 nitrogen and oxygen atoms in total. The fourth-order valence-corrected chi connectivity index (χ4v) is 4.78. The molecule has 162 valence electrons. The van der Waals surface area contributed by atoms with Gasteiger partial charge in [-0.3, -0.25) is 9.58 Å². The molecule has 0 spiro atoms. The minimum absolute atomic E-state index is 0.166. The molecule has 0 unspecified atom stereocenters. The molecule has 0 amide bonds. The summed E-state index contributed by atoms with van der Waals surface area (Å²) in [5.41, 5.74) is 9.01. The van der Waals surface area contributed by atoms with Crippen molar-refractivity contribution in [1.29, 1.82) is 0 Å². The molecule has 0 aliphatic carbocycles. The summed E-state index contributed by atoms with van der Waals surface area (Å²) in [7, 11) is 1.33. The lowest BCUT2D eigenvalue weighted by atomic mass is 10.0. The summed E-state index contributed by atoms with van der Waals surface area (Å²) in [5.74, 6) is -0.323. The third-order valence-electron chi connectivity index (χ3n) is 6.50. The number of ether oxygens (including phenoxy) is 2. The van der Waals surface area contributed by atoms with Gasteiger partial charge in [0.15, 0.2) is 0 Å². The topological polar surface area (TPSA) is 95.5 Å². The van der Waals surface area contributed by atoms with Crippen molar-refractivity contribution < 1.29 is 14.3 Å². The van der Waals surface area contributed by atoms with Crippen molar-refractivity contribution >= 4 is 22.7 Å². The first-order valence-corrected chi connectivity index (χ1v) is 10.8. The number of aromatic nitrogens is 3. The van der Waals surface area contributed by atoms with Crippen molar-refractivity contribution in [3.8, 4) is 11.1 Å². The zero-order valence-corrected chi connectivity index (χ0v) is 17.7. The maximum Gasteiger partial charge on any atom is 0.341 e. The summed E-state index contributed by atoms with van der Waals surface area (Å²) < 4.78 is 12.5. The van der Waals surface area contributed by atoms with Gasteiger partial charge in [0.2, 0.25) is 0 Å². The summed E-state index contributed by atoms with van der Waals surface area (Å²) >= 11 is 0. The summed E-state index contributed by atoms with van der Waals surface area (Å²) in [5, 5.41) is 5.79. The van der Waals surface area contributed by atoms with E-state index in [1.54, 1.807) is 12.3 Å². The zero-order valence-electron chi connectivity index (χ0n) is 17.7. The number of carbonyl (C=O) groups is 1. The summed E-state index contributed by atoms with van der Waals surface area (Å²) in [6.45, 7) is 3.89. The summed E-state index contributed by atoms with van der Waals surface area (Å²) in [6, 6.07) is 8.97. The molecule has 2 N–H and O–H groups in total. The predicted octanol–water partition coefficient (Wildman–Crippen LogP) is 2.89. The molecule has 2 aromatic heterocycles. The van der Waals surface area contributed by atoms with Gasteiger partial charge >= 0.3 is 5.97 Å². The van der Waals surface area contributed by atoms with Crippen LogP contribution in [-0.2, 0) is 9.47 Å². The van der Waals surface area contributed by atoms with Gasteiger partial charge in [-0.15, -0.1) is 0 Å². The van der Waals surface area contributed by atoms with Gasteiger partial charge in [-0.1, -0.05) is 6.07 Å². The number of hydrogen-bond donors (Lipinski definition) is 1. The molecule has 2 fully saturated rings. The number of rotatable bonds is 4. The molecule has 2 saturated heterocycles. The third kappa shape index (κ3) is 3.77. The number of pyridine rings is 1. The maximum absolute atomic E-state index is 12.0. The molecule has 5 rings (SSSR count). The Balaban J connectivity index is 1.39. The quantitative estimate of drug-likeness (QED) is 0.647. The molecule has 1 atom stereocenters. The molecule has 0 radical (unpaired) electrons. The molecule has 8 heteroatoms. The van der Waals surface area contributed by atoms with Crippen LogP contribution in [0.3, 0.4) is 0 Å². The van der Waals surface area contributed by atoms with Gasteiger partial charge in [-0.2, -0.15) is 5.10 Å². The number of methoxy groups -OCH3 is 1. The minimum atomic E-state index is -0.490. The normalized spacial score (nSPS) is 20.4. The zero-order chi connectivity index (χ0) is 21.4. The largest absolute Gasteiger partial charge is 0.465 e. The van der Waals surface area contributed by atoms with Crippen LogP contribution in [0.15, 0.2) is 36.7 Å². The lowest BCUT2D eigenvalue weighted by molar-refractivity contribution is 0.0412. The van der Waals surface area contributed by atoms with Crippen molar-refractivity contribution in [3.05, 3.63) is 42.2 Å².